The highest BCUT2D eigenvalue weighted by Crippen LogP contribution is 2.38. The second-order valence-electron chi connectivity index (χ2n) is 15.1. The lowest BCUT2D eigenvalue weighted by atomic mass is 10.0. The zero-order valence-corrected chi connectivity index (χ0v) is 35.7. The van der Waals surface area contributed by atoms with Gasteiger partial charge in [-0.2, -0.15) is 5.10 Å². The molecule has 312 valence electrons. The van der Waals surface area contributed by atoms with Crippen molar-refractivity contribution in [3.63, 3.8) is 0 Å². The minimum absolute atomic E-state index is 0.134. The maximum Gasteiger partial charge on any atom is 0.255 e. The van der Waals surface area contributed by atoms with Crippen molar-refractivity contribution >= 4 is 63.6 Å². The Morgan fingerprint density at radius 2 is 1.83 bits per heavy atom. The van der Waals surface area contributed by atoms with Crippen molar-refractivity contribution < 1.29 is 19.2 Å². The number of nitrogens with zero attached hydrogens (tertiary/aromatic N) is 5. The highest BCUT2D eigenvalue weighted by atomic mass is 35.5. The molecule has 12 nitrogen and oxygen atoms in total. The van der Waals surface area contributed by atoms with Gasteiger partial charge in [-0.25, -0.2) is 4.98 Å². The van der Waals surface area contributed by atoms with Crippen LogP contribution in [0.2, 0.25) is 5.02 Å². The largest absolute Gasteiger partial charge is 0.356 e. The number of aryl methyl sites for hydroxylation is 2. The molecule has 5 aromatic rings. The quantitative estimate of drug-likeness (QED) is 0.0581. The number of nitrogens with one attached hydrogen (secondary N) is 3. The first-order valence-corrected chi connectivity index (χ1v) is 21.0. The van der Waals surface area contributed by atoms with Crippen molar-refractivity contribution in [3.05, 3.63) is 87.8 Å². The average molecular weight is 821 g/mol. The van der Waals surface area contributed by atoms with E-state index in [2.05, 4.69) is 85.4 Å². The number of anilines is 1. The Labute approximate surface area is 352 Å². The molecule has 0 radical (unpaired) electrons. The standard InChI is InChI=1S/C30H33N3O3.C14H17ClN4O.C2H7N/c1-23-26-16-8-9-18-29(26)33(31-23)19-10-6-4-2-3-5-7-13-24-14-11-17-27-28(24)21-32(30(27)36)25(22-35)15-12-20-34;1-8(20)17-12-6-10-9(7-16-12)13(15)14(18-10)11-4-3-5-19(11)2;1-3-2/h8-9,11,14,16-18,20,22,25H,2-6,10,12,15,19,21H2,1H3;6-7,11,18H,3-5H2,1-2H3,(H,16,17,20);3H,1-2H3. The summed E-state index contributed by atoms with van der Waals surface area (Å²) in [6, 6.07) is 15.5. The second kappa shape index (κ2) is 22.1. The van der Waals surface area contributed by atoms with Gasteiger partial charge in [0.25, 0.3) is 5.91 Å². The van der Waals surface area contributed by atoms with Crippen LogP contribution in [-0.2, 0) is 27.5 Å². The number of hydrogen-bond acceptors (Lipinski definition) is 8. The molecule has 2 unspecified atom stereocenters. The number of H-pyrrole nitrogens is 1. The molecule has 13 heteroatoms. The van der Waals surface area contributed by atoms with Gasteiger partial charge in [-0.15, -0.1) is 0 Å². The normalized spacial score (nSPS) is 15.1. The van der Waals surface area contributed by atoms with Gasteiger partial charge in [-0.05, 0) is 90.5 Å². The first kappa shape index (κ1) is 44.7. The predicted molar refractivity (Wildman–Crippen MR) is 236 cm³/mol. The molecule has 0 aliphatic carbocycles. The summed E-state index contributed by atoms with van der Waals surface area (Å²) in [6.07, 6.45) is 12.6. The molecule has 2 aliphatic heterocycles. The van der Waals surface area contributed by atoms with E-state index < -0.39 is 6.04 Å². The van der Waals surface area contributed by atoms with Gasteiger partial charge in [0, 0.05) is 67.0 Å². The van der Waals surface area contributed by atoms with Gasteiger partial charge in [0.15, 0.2) is 0 Å². The van der Waals surface area contributed by atoms with Crippen LogP contribution in [0.3, 0.4) is 0 Å². The lowest BCUT2D eigenvalue weighted by Crippen LogP contribution is -2.36. The number of hydrogen-bond donors (Lipinski definition) is 3. The summed E-state index contributed by atoms with van der Waals surface area (Å²) < 4.78 is 2.12. The summed E-state index contributed by atoms with van der Waals surface area (Å²) in [5.41, 5.74) is 6.60. The molecule has 3 aromatic heterocycles. The van der Waals surface area contributed by atoms with Crippen molar-refractivity contribution in [2.45, 2.75) is 103 Å². The highest BCUT2D eigenvalue weighted by molar-refractivity contribution is 6.36. The summed E-state index contributed by atoms with van der Waals surface area (Å²) in [7, 11) is 5.86. The van der Waals surface area contributed by atoms with Gasteiger partial charge in [0.1, 0.15) is 18.4 Å². The highest BCUT2D eigenvalue weighted by Gasteiger charge is 2.33. The molecular formula is C46H57ClN8O4. The molecule has 5 heterocycles. The Balaban J connectivity index is 0.000000241. The first-order chi connectivity index (χ1) is 28.6. The Hall–Kier alpha value is -5.35. The van der Waals surface area contributed by atoms with E-state index in [1.165, 1.54) is 37.1 Å². The van der Waals surface area contributed by atoms with E-state index in [1.54, 1.807) is 17.2 Å². The number of carbonyl (C=O) groups excluding carboxylic acids is 4. The fourth-order valence-electron chi connectivity index (χ4n) is 7.73. The number of rotatable bonds is 14. The third-order valence-corrected chi connectivity index (χ3v) is 11.1. The summed E-state index contributed by atoms with van der Waals surface area (Å²) in [5.74, 6) is 6.76. The van der Waals surface area contributed by atoms with Crippen LogP contribution in [0.5, 0.6) is 0 Å². The van der Waals surface area contributed by atoms with Gasteiger partial charge in [-0.1, -0.05) is 67.0 Å². The van der Waals surface area contributed by atoms with E-state index in [0.717, 1.165) is 96.2 Å². The number of fused-ring (bicyclic) bond motifs is 3. The molecule has 0 saturated carbocycles. The summed E-state index contributed by atoms with van der Waals surface area (Å²) in [6.45, 7) is 5.93. The van der Waals surface area contributed by atoms with Crippen molar-refractivity contribution in [1.82, 2.24) is 34.9 Å². The number of benzene rings is 2. The van der Waals surface area contributed by atoms with Crippen molar-refractivity contribution in [3.8, 4) is 11.8 Å². The number of likely N-dealkylation sites (tertiary alicyclic amines) is 1. The fraction of sp³-hybridized carbons (Fsp3) is 0.435. The zero-order chi connectivity index (χ0) is 42.3. The van der Waals surface area contributed by atoms with E-state index in [4.69, 9.17) is 11.6 Å². The van der Waals surface area contributed by atoms with Gasteiger partial charge in [0.2, 0.25) is 5.91 Å². The van der Waals surface area contributed by atoms with Crippen LogP contribution in [-0.4, -0.2) is 87.7 Å². The predicted octanol–water partition coefficient (Wildman–Crippen LogP) is 8.02. The monoisotopic (exact) mass is 820 g/mol. The SMILES string of the molecule is CC(=O)Nc1cc2[nH]c(C3CCCN3C)c(Cl)c2cn1.CNC.Cc1nn(CCCCCCCC#Cc2cccc3c2CN(C(C=O)CCC=O)C3=O)c2ccccc12. The van der Waals surface area contributed by atoms with Crippen molar-refractivity contribution in [2.75, 3.05) is 33.0 Å². The maximum absolute atomic E-state index is 12.8. The van der Waals surface area contributed by atoms with Crippen molar-refractivity contribution in [1.29, 1.82) is 0 Å². The molecule has 7 rings (SSSR count). The third kappa shape index (κ3) is 11.4. The van der Waals surface area contributed by atoms with Crippen LogP contribution in [0.1, 0.15) is 110 Å². The Kier molecular flexibility index (Phi) is 16.8. The lowest BCUT2D eigenvalue weighted by molar-refractivity contribution is -0.114. The topological polar surface area (TPSA) is 145 Å². The summed E-state index contributed by atoms with van der Waals surface area (Å²) in [5, 5.41) is 13.0. The smallest absolute Gasteiger partial charge is 0.255 e. The average Bonchev–Trinajstić information content (AvgIpc) is 3.98. The van der Waals surface area contributed by atoms with Gasteiger partial charge in [-0.3, -0.25) is 19.2 Å². The molecule has 59 heavy (non-hydrogen) atoms. The molecule has 1 fully saturated rings. The van der Waals surface area contributed by atoms with E-state index in [9.17, 15) is 19.2 Å². The minimum Gasteiger partial charge on any atom is -0.356 e. The molecule has 2 aliphatic rings. The second-order valence-corrected chi connectivity index (χ2v) is 15.5. The maximum atomic E-state index is 12.8. The number of carbonyl (C=O) groups is 4. The fourth-order valence-corrected chi connectivity index (χ4v) is 8.06. The molecule has 0 spiro atoms. The number of halogens is 1. The van der Waals surface area contributed by atoms with Crippen molar-refractivity contribution in [2.24, 2.45) is 0 Å². The first-order valence-electron chi connectivity index (χ1n) is 20.6. The summed E-state index contributed by atoms with van der Waals surface area (Å²) >= 11 is 6.48. The Bertz CT molecular complexity index is 2290. The van der Waals surface area contributed by atoms with Crippen LogP contribution in [0.15, 0.2) is 54.7 Å². The van der Waals surface area contributed by atoms with E-state index >= 15 is 0 Å². The molecule has 2 atom stereocenters. The Morgan fingerprint density at radius 1 is 1.07 bits per heavy atom. The summed E-state index contributed by atoms with van der Waals surface area (Å²) in [4.78, 5) is 57.5. The number of pyridine rings is 1. The lowest BCUT2D eigenvalue weighted by Gasteiger charge is -2.22. The Morgan fingerprint density at radius 3 is 2.56 bits per heavy atom. The molecule has 2 amide bonds. The van der Waals surface area contributed by atoms with Crippen LogP contribution in [0.25, 0.3) is 21.8 Å². The van der Waals surface area contributed by atoms with Gasteiger partial charge >= 0.3 is 0 Å². The third-order valence-electron chi connectivity index (χ3n) is 10.7. The molecule has 3 N–H and O–H groups in total. The molecule has 2 aromatic carbocycles. The molecular weight excluding hydrogens is 764 g/mol. The molecule has 0 bridgehead atoms. The van der Waals surface area contributed by atoms with Gasteiger partial charge in [0.05, 0.1) is 39.5 Å². The van der Waals surface area contributed by atoms with E-state index in [0.29, 0.717) is 30.4 Å². The van der Waals surface area contributed by atoms with Crippen LogP contribution < -0.4 is 10.6 Å². The van der Waals surface area contributed by atoms with Crippen LogP contribution >= 0.6 is 11.6 Å². The van der Waals surface area contributed by atoms with Gasteiger partial charge < -0.3 is 30.1 Å². The number of aromatic nitrogens is 4. The number of unbranched alkanes of at least 4 members (excludes halogenated alkanes) is 5. The number of amides is 2. The number of para-hydroxylation sites is 1. The minimum atomic E-state index is -0.577. The number of aldehydes is 2. The van der Waals surface area contributed by atoms with Crippen LogP contribution in [0, 0.1) is 18.8 Å². The van der Waals surface area contributed by atoms with E-state index in [1.807, 2.05) is 32.3 Å². The van der Waals surface area contributed by atoms with Crippen LogP contribution in [0.4, 0.5) is 5.82 Å². The number of aromatic amines is 1. The zero-order valence-electron chi connectivity index (χ0n) is 34.9. The van der Waals surface area contributed by atoms with E-state index in [-0.39, 0.29) is 18.2 Å². The molecule has 1 saturated heterocycles.